The first kappa shape index (κ1) is 14.2. The molecular weight excluding hydrogens is 270 g/mol. The van der Waals surface area contributed by atoms with Crippen LogP contribution in [-0.2, 0) is 9.47 Å². The average Bonchev–Trinajstić information content (AvgIpc) is 2.55. The van der Waals surface area contributed by atoms with Crippen molar-refractivity contribution in [3.8, 4) is 0 Å². The Bertz CT molecular complexity index is 395. The van der Waals surface area contributed by atoms with Gasteiger partial charge in [0.2, 0.25) is 0 Å². The van der Waals surface area contributed by atoms with Gasteiger partial charge < -0.3 is 14.4 Å². The van der Waals surface area contributed by atoms with Crippen molar-refractivity contribution in [3.05, 3.63) is 30.3 Å². The van der Waals surface area contributed by atoms with Gasteiger partial charge in [-0.05, 0) is 25.0 Å². The van der Waals surface area contributed by atoms with Gasteiger partial charge in [-0.3, -0.25) is 0 Å². The second-order valence-corrected chi connectivity index (χ2v) is 6.75. The maximum Gasteiger partial charge on any atom is 0.0841 e. The molecule has 1 atom stereocenters. The van der Waals surface area contributed by atoms with E-state index >= 15 is 0 Å². The lowest BCUT2D eigenvalue weighted by atomic mass is 10.2. The molecule has 3 nitrogen and oxygen atoms in total. The van der Waals surface area contributed by atoms with E-state index in [2.05, 4.69) is 47.0 Å². The van der Waals surface area contributed by atoms with E-state index in [0.29, 0.717) is 6.10 Å². The van der Waals surface area contributed by atoms with Gasteiger partial charge in [0.15, 0.2) is 0 Å². The standard InChI is InChI=1S/C16H23NO2S/c1-2-4-14(5-3-1)17-8-11-19-15(12-17)13-20-16-6-9-18-10-7-16/h1-5,15-16H,6-13H2. The molecule has 0 aliphatic carbocycles. The van der Waals surface area contributed by atoms with Gasteiger partial charge in [0.25, 0.3) is 0 Å². The van der Waals surface area contributed by atoms with Crippen LogP contribution in [0.3, 0.4) is 0 Å². The van der Waals surface area contributed by atoms with Gasteiger partial charge >= 0.3 is 0 Å². The van der Waals surface area contributed by atoms with Crippen LogP contribution in [0.2, 0.25) is 0 Å². The monoisotopic (exact) mass is 293 g/mol. The SMILES string of the molecule is c1ccc(N2CCOC(CSC3CCOCC3)C2)cc1. The Morgan fingerprint density at radius 1 is 1.10 bits per heavy atom. The van der Waals surface area contributed by atoms with Gasteiger partial charge in [-0.1, -0.05) is 18.2 Å². The Balaban J connectivity index is 1.48. The summed E-state index contributed by atoms with van der Waals surface area (Å²) in [6.07, 6.45) is 2.75. The largest absolute Gasteiger partial charge is 0.381 e. The highest BCUT2D eigenvalue weighted by molar-refractivity contribution is 7.99. The van der Waals surface area contributed by atoms with Crippen LogP contribution >= 0.6 is 11.8 Å². The summed E-state index contributed by atoms with van der Waals surface area (Å²) in [5, 5.41) is 0.763. The van der Waals surface area contributed by atoms with Crippen molar-refractivity contribution >= 4 is 17.4 Å². The first-order valence-electron chi connectivity index (χ1n) is 7.53. The number of hydrogen-bond acceptors (Lipinski definition) is 4. The zero-order valence-electron chi connectivity index (χ0n) is 11.9. The highest BCUT2D eigenvalue weighted by Gasteiger charge is 2.23. The summed E-state index contributed by atoms with van der Waals surface area (Å²) in [6, 6.07) is 10.7. The van der Waals surface area contributed by atoms with Gasteiger partial charge in [0.05, 0.1) is 12.7 Å². The Hall–Kier alpha value is -0.710. The molecule has 0 aromatic heterocycles. The predicted molar refractivity (Wildman–Crippen MR) is 84.7 cm³/mol. The Kier molecular flexibility index (Phi) is 5.23. The molecule has 1 aromatic carbocycles. The summed E-state index contributed by atoms with van der Waals surface area (Å²) in [6.45, 7) is 4.72. The molecule has 0 amide bonds. The van der Waals surface area contributed by atoms with Crippen molar-refractivity contribution in [2.24, 2.45) is 0 Å². The van der Waals surface area contributed by atoms with E-state index in [1.807, 2.05) is 0 Å². The van der Waals surface area contributed by atoms with Crippen molar-refractivity contribution in [1.29, 1.82) is 0 Å². The molecular formula is C16H23NO2S. The lowest BCUT2D eigenvalue weighted by Gasteiger charge is -2.35. The summed E-state index contributed by atoms with van der Waals surface area (Å²) < 4.78 is 11.3. The summed E-state index contributed by atoms with van der Waals surface area (Å²) >= 11 is 2.07. The minimum atomic E-state index is 0.358. The van der Waals surface area contributed by atoms with E-state index in [9.17, 15) is 0 Å². The van der Waals surface area contributed by atoms with Gasteiger partial charge in [-0.25, -0.2) is 0 Å². The molecule has 1 aromatic rings. The molecule has 2 aliphatic heterocycles. The molecule has 0 spiro atoms. The maximum atomic E-state index is 5.93. The van der Waals surface area contributed by atoms with Gasteiger partial charge in [-0.2, -0.15) is 11.8 Å². The first-order valence-corrected chi connectivity index (χ1v) is 8.57. The number of ether oxygens (including phenoxy) is 2. The third-order valence-electron chi connectivity index (χ3n) is 3.95. The molecule has 110 valence electrons. The Morgan fingerprint density at radius 2 is 1.90 bits per heavy atom. The minimum absolute atomic E-state index is 0.358. The smallest absolute Gasteiger partial charge is 0.0841 e. The molecule has 0 saturated carbocycles. The van der Waals surface area contributed by atoms with Crippen molar-refractivity contribution in [3.63, 3.8) is 0 Å². The number of nitrogens with zero attached hydrogens (tertiary/aromatic N) is 1. The lowest BCUT2D eigenvalue weighted by Crippen LogP contribution is -2.43. The van der Waals surface area contributed by atoms with E-state index in [1.54, 1.807) is 0 Å². The quantitative estimate of drug-likeness (QED) is 0.851. The third-order valence-corrected chi connectivity index (χ3v) is 5.45. The van der Waals surface area contributed by atoms with Crippen molar-refractivity contribution in [2.45, 2.75) is 24.2 Å². The van der Waals surface area contributed by atoms with Crippen LogP contribution in [0.15, 0.2) is 30.3 Å². The molecule has 2 aliphatic rings. The third kappa shape index (κ3) is 3.90. The van der Waals surface area contributed by atoms with Crippen LogP contribution in [-0.4, -0.2) is 50.0 Å². The topological polar surface area (TPSA) is 21.7 Å². The van der Waals surface area contributed by atoms with Crippen LogP contribution in [0.5, 0.6) is 0 Å². The molecule has 20 heavy (non-hydrogen) atoms. The number of para-hydroxylation sites is 1. The zero-order valence-corrected chi connectivity index (χ0v) is 12.7. The predicted octanol–water partition coefficient (Wildman–Crippen LogP) is 2.80. The van der Waals surface area contributed by atoms with Gasteiger partial charge in [0, 0.05) is 43.0 Å². The lowest BCUT2D eigenvalue weighted by molar-refractivity contribution is 0.0559. The van der Waals surface area contributed by atoms with E-state index in [0.717, 1.165) is 43.9 Å². The normalized spacial score (nSPS) is 24.8. The first-order chi connectivity index (χ1) is 9.92. The fourth-order valence-electron chi connectivity index (χ4n) is 2.78. The molecule has 2 heterocycles. The van der Waals surface area contributed by atoms with Crippen LogP contribution in [0.1, 0.15) is 12.8 Å². The van der Waals surface area contributed by atoms with Crippen molar-refractivity contribution in [1.82, 2.24) is 0 Å². The fraction of sp³-hybridized carbons (Fsp3) is 0.625. The molecule has 0 bridgehead atoms. The maximum absolute atomic E-state index is 5.93. The highest BCUT2D eigenvalue weighted by atomic mass is 32.2. The van der Waals surface area contributed by atoms with Crippen molar-refractivity contribution < 1.29 is 9.47 Å². The number of hydrogen-bond donors (Lipinski definition) is 0. The molecule has 1 unspecified atom stereocenters. The van der Waals surface area contributed by atoms with E-state index in [1.165, 1.54) is 18.5 Å². The van der Waals surface area contributed by atoms with Crippen LogP contribution in [0, 0.1) is 0 Å². The fourth-order valence-corrected chi connectivity index (χ4v) is 3.99. The number of benzene rings is 1. The number of thioether (sulfide) groups is 1. The van der Waals surface area contributed by atoms with Crippen LogP contribution in [0.4, 0.5) is 5.69 Å². The number of rotatable bonds is 4. The summed E-state index contributed by atoms with van der Waals surface area (Å²) in [5.41, 5.74) is 1.32. The minimum Gasteiger partial charge on any atom is -0.381 e. The molecule has 2 saturated heterocycles. The number of morpholine rings is 1. The van der Waals surface area contributed by atoms with E-state index < -0.39 is 0 Å². The molecule has 0 radical (unpaired) electrons. The highest BCUT2D eigenvalue weighted by Crippen LogP contribution is 2.25. The molecule has 4 heteroatoms. The van der Waals surface area contributed by atoms with Crippen LogP contribution in [0.25, 0.3) is 0 Å². The van der Waals surface area contributed by atoms with E-state index in [4.69, 9.17) is 9.47 Å². The second kappa shape index (κ2) is 7.34. The molecule has 3 rings (SSSR count). The Labute approximate surface area is 125 Å². The zero-order chi connectivity index (χ0) is 13.6. The van der Waals surface area contributed by atoms with Crippen LogP contribution < -0.4 is 4.90 Å². The molecule has 2 fully saturated rings. The Morgan fingerprint density at radius 3 is 2.70 bits per heavy atom. The summed E-state index contributed by atoms with van der Waals surface area (Å²) in [5.74, 6) is 1.11. The van der Waals surface area contributed by atoms with Gasteiger partial charge in [0.1, 0.15) is 0 Å². The van der Waals surface area contributed by atoms with Gasteiger partial charge in [-0.15, -0.1) is 0 Å². The van der Waals surface area contributed by atoms with E-state index in [-0.39, 0.29) is 0 Å². The average molecular weight is 293 g/mol. The second-order valence-electron chi connectivity index (χ2n) is 5.42. The molecule has 0 N–H and O–H groups in total. The van der Waals surface area contributed by atoms with Crippen molar-refractivity contribution in [2.75, 3.05) is 43.6 Å². The summed E-state index contributed by atoms with van der Waals surface area (Å²) in [7, 11) is 0. The summed E-state index contributed by atoms with van der Waals surface area (Å²) in [4.78, 5) is 2.44. The number of anilines is 1.